The third-order valence-corrected chi connectivity index (χ3v) is 4.31. The van der Waals surface area contributed by atoms with Crippen molar-refractivity contribution in [2.45, 2.75) is 38.3 Å². The van der Waals surface area contributed by atoms with Crippen LogP contribution >= 0.6 is 12.4 Å². The topological polar surface area (TPSA) is 59.6 Å². The second-order valence-corrected chi connectivity index (χ2v) is 6.19. The average molecular weight is 341 g/mol. The van der Waals surface area contributed by atoms with Gasteiger partial charge in [0.15, 0.2) is 0 Å². The zero-order valence-electron chi connectivity index (χ0n) is 13.4. The van der Waals surface area contributed by atoms with Crippen molar-refractivity contribution in [1.82, 2.24) is 5.32 Å². The van der Waals surface area contributed by atoms with Gasteiger partial charge in [-0.05, 0) is 50.6 Å². The van der Waals surface area contributed by atoms with E-state index in [0.717, 1.165) is 43.9 Å². The zero-order chi connectivity index (χ0) is 15.4. The maximum absolute atomic E-state index is 12.3. The van der Waals surface area contributed by atoms with E-state index in [0.29, 0.717) is 12.6 Å². The molecule has 2 fully saturated rings. The fourth-order valence-electron chi connectivity index (χ4n) is 3.03. The monoisotopic (exact) mass is 340 g/mol. The van der Waals surface area contributed by atoms with Crippen LogP contribution in [0.4, 0.5) is 5.69 Å². The molecule has 2 saturated heterocycles. The summed E-state index contributed by atoms with van der Waals surface area (Å²) in [7, 11) is 0. The first kappa shape index (κ1) is 18.0. The third kappa shape index (κ3) is 5.09. The molecule has 6 heteroatoms. The van der Waals surface area contributed by atoms with Gasteiger partial charge in [-0.3, -0.25) is 4.79 Å². The van der Waals surface area contributed by atoms with Crippen LogP contribution in [0.15, 0.2) is 24.3 Å². The number of hydrogen-bond acceptors (Lipinski definition) is 4. The van der Waals surface area contributed by atoms with Gasteiger partial charge in [0, 0.05) is 24.1 Å². The van der Waals surface area contributed by atoms with Crippen molar-refractivity contribution in [3.8, 4) is 5.75 Å². The SMILES string of the molecule is C[C@H]1C[C@@H](C(=O)Nc2ccc(OC3CCOC3)cc2)CCN1.Cl. The van der Waals surface area contributed by atoms with Crippen molar-refractivity contribution in [3.63, 3.8) is 0 Å². The number of carbonyl (C=O) groups excluding carboxylic acids is 1. The molecule has 3 rings (SSSR count). The Balaban J connectivity index is 0.00000192. The molecule has 2 N–H and O–H groups in total. The molecule has 1 amide bonds. The first-order valence-electron chi connectivity index (χ1n) is 8.09. The van der Waals surface area contributed by atoms with Crippen LogP contribution in [0, 0.1) is 5.92 Å². The fourth-order valence-corrected chi connectivity index (χ4v) is 3.03. The lowest BCUT2D eigenvalue weighted by molar-refractivity contribution is -0.120. The summed E-state index contributed by atoms with van der Waals surface area (Å²) in [4.78, 5) is 12.3. The predicted molar refractivity (Wildman–Crippen MR) is 92.4 cm³/mol. The Morgan fingerprint density at radius 1 is 1.30 bits per heavy atom. The van der Waals surface area contributed by atoms with Crippen LogP contribution in [0.2, 0.25) is 0 Å². The molecule has 2 aliphatic heterocycles. The molecule has 23 heavy (non-hydrogen) atoms. The highest BCUT2D eigenvalue weighted by molar-refractivity contribution is 5.92. The van der Waals surface area contributed by atoms with Gasteiger partial charge < -0.3 is 20.1 Å². The second-order valence-electron chi connectivity index (χ2n) is 6.19. The molecule has 0 bridgehead atoms. The molecule has 0 radical (unpaired) electrons. The van der Waals surface area contributed by atoms with Gasteiger partial charge in [-0.15, -0.1) is 12.4 Å². The summed E-state index contributed by atoms with van der Waals surface area (Å²) < 4.78 is 11.1. The van der Waals surface area contributed by atoms with Crippen LogP contribution in [0.1, 0.15) is 26.2 Å². The highest BCUT2D eigenvalue weighted by Crippen LogP contribution is 2.22. The Kier molecular flexibility index (Phi) is 6.69. The number of ether oxygens (including phenoxy) is 2. The minimum absolute atomic E-state index is 0. The van der Waals surface area contributed by atoms with E-state index < -0.39 is 0 Å². The molecule has 1 unspecified atom stereocenters. The van der Waals surface area contributed by atoms with Crippen LogP contribution in [0.5, 0.6) is 5.75 Å². The van der Waals surface area contributed by atoms with Crippen molar-refractivity contribution in [2.75, 3.05) is 25.1 Å². The summed E-state index contributed by atoms with van der Waals surface area (Å²) in [6, 6.07) is 8.01. The average Bonchev–Trinajstić information content (AvgIpc) is 3.02. The molecule has 2 heterocycles. The van der Waals surface area contributed by atoms with E-state index in [4.69, 9.17) is 9.47 Å². The zero-order valence-corrected chi connectivity index (χ0v) is 14.2. The number of amides is 1. The Bertz CT molecular complexity index is 503. The van der Waals surface area contributed by atoms with Gasteiger partial charge in [0.2, 0.25) is 5.91 Å². The summed E-state index contributed by atoms with van der Waals surface area (Å²) in [6.45, 7) is 4.47. The van der Waals surface area contributed by atoms with Crippen molar-refractivity contribution < 1.29 is 14.3 Å². The first-order chi connectivity index (χ1) is 10.7. The van der Waals surface area contributed by atoms with Crippen molar-refractivity contribution in [1.29, 1.82) is 0 Å². The third-order valence-electron chi connectivity index (χ3n) is 4.31. The van der Waals surface area contributed by atoms with Crippen LogP contribution in [-0.4, -0.2) is 37.8 Å². The molecule has 1 aromatic rings. The van der Waals surface area contributed by atoms with E-state index >= 15 is 0 Å². The lowest BCUT2D eigenvalue weighted by Gasteiger charge is -2.27. The number of halogens is 1. The summed E-state index contributed by atoms with van der Waals surface area (Å²) in [5.74, 6) is 1.04. The summed E-state index contributed by atoms with van der Waals surface area (Å²) in [5, 5.41) is 6.37. The summed E-state index contributed by atoms with van der Waals surface area (Å²) in [5.41, 5.74) is 0.825. The maximum Gasteiger partial charge on any atom is 0.227 e. The van der Waals surface area contributed by atoms with E-state index in [9.17, 15) is 4.79 Å². The molecular formula is C17H25ClN2O3. The molecular weight excluding hydrogens is 316 g/mol. The normalized spacial score (nSPS) is 27.1. The molecule has 0 spiro atoms. The molecule has 2 aliphatic rings. The number of rotatable bonds is 4. The van der Waals surface area contributed by atoms with Crippen LogP contribution in [-0.2, 0) is 9.53 Å². The highest BCUT2D eigenvalue weighted by atomic mass is 35.5. The Labute approximate surface area is 143 Å². The molecule has 0 aromatic heterocycles. The van der Waals surface area contributed by atoms with E-state index in [1.165, 1.54) is 0 Å². The quantitative estimate of drug-likeness (QED) is 0.884. The van der Waals surface area contributed by atoms with E-state index in [1.807, 2.05) is 24.3 Å². The summed E-state index contributed by atoms with van der Waals surface area (Å²) in [6.07, 6.45) is 2.89. The lowest BCUT2D eigenvalue weighted by atomic mass is 9.92. The van der Waals surface area contributed by atoms with Crippen molar-refractivity contribution in [3.05, 3.63) is 24.3 Å². The summed E-state index contributed by atoms with van der Waals surface area (Å²) >= 11 is 0. The van der Waals surface area contributed by atoms with Gasteiger partial charge in [-0.1, -0.05) is 0 Å². The predicted octanol–water partition coefficient (Wildman–Crippen LogP) is 2.60. The van der Waals surface area contributed by atoms with Gasteiger partial charge in [0.25, 0.3) is 0 Å². The Hall–Kier alpha value is -1.30. The van der Waals surface area contributed by atoms with E-state index in [-0.39, 0.29) is 30.3 Å². The first-order valence-corrected chi connectivity index (χ1v) is 8.09. The second kappa shape index (κ2) is 8.52. The molecule has 0 saturated carbocycles. The van der Waals surface area contributed by atoms with Gasteiger partial charge in [0.1, 0.15) is 11.9 Å². The smallest absolute Gasteiger partial charge is 0.227 e. The molecule has 128 valence electrons. The Morgan fingerprint density at radius 3 is 2.74 bits per heavy atom. The number of benzene rings is 1. The van der Waals surface area contributed by atoms with Crippen molar-refractivity contribution in [2.24, 2.45) is 5.92 Å². The molecule has 0 aliphatic carbocycles. The highest BCUT2D eigenvalue weighted by Gasteiger charge is 2.24. The van der Waals surface area contributed by atoms with Crippen LogP contribution < -0.4 is 15.4 Å². The van der Waals surface area contributed by atoms with Crippen LogP contribution in [0.25, 0.3) is 0 Å². The van der Waals surface area contributed by atoms with Gasteiger partial charge in [-0.25, -0.2) is 0 Å². The largest absolute Gasteiger partial charge is 0.488 e. The minimum Gasteiger partial charge on any atom is -0.488 e. The number of carbonyl (C=O) groups is 1. The van der Waals surface area contributed by atoms with Crippen molar-refractivity contribution >= 4 is 24.0 Å². The fraction of sp³-hybridized carbons (Fsp3) is 0.588. The molecule has 5 nitrogen and oxygen atoms in total. The molecule has 3 atom stereocenters. The molecule has 1 aromatic carbocycles. The van der Waals surface area contributed by atoms with Crippen LogP contribution in [0.3, 0.4) is 0 Å². The minimum atomic E-state index is 0. The number of piperidine rings is 1. The standard InChI is InChI=1S/C17H24N2O3.ClH/c1-12-10-13(6-8-18-12)17(20)19-14-2-4-15(5-3-14)22-16-7-9-21-11-16;/h2-5,12-13,16,18H,6-11H2,1H3,(H,19,20);1H/t12-,13-,16?;/m0./s1. The van der Waals surface area contributed by atoms with E-state index in [2.05, 4.69) is 17.6 Å². The van der Waals surface area contributed by atoms with E-state index in [1.54, 1.807) is 0 Å². The maximum atomic E-state index is 12.3. The van der Waals surface area contributed by atoms with Gasteiger partial charge in [-0.2, -0.15) is 0 Å². The number of anilines is 1. The lowest BCUT2D eigenvalue weighted by Crippen LogP contribution is -2.40. The number of nitrogens with one attached hydrogen (secondary N) is 2. The number of hydrogen-bond donors (Lipinski definition) is 2. The Morgan fingerprint density at radius 2 is 2.09 bits per heavy atom. The van der Waals surface area contributed by atoms with Gasteiger partial charge >= 0.3 is 0 Å². The van der Waals surface area contributed by atoms with Gasteiger partial charge in [0.05, 0.1) is 13.2 Å².